The smallest absolute Gasteiger partial charge is 0.273 e. The number of nitrogens with one attached hydrogen (secondary N) is 2. The minimum Gasteiger partial charge on any atom is -0.495 e. The number of rotatable bonds is 6. The van der Waals surface area contributed by atoms with Gasteiger partial charge in [-0.3, -0.25) is 4.79 Å². The van der Waals surface area contributed by atoms with Crippen molar-refractivity contribution in [3.05, 3.63) is 58.8 Å². The van der Waals surface area contributed by atoms with Crippen LogP contribution in [0.1, 0.15) is 48.0 Å². The molecule has 34 heavy (non-hydrogen) atoms. The number of methoxy groups -OCH3 is 1. The maximum atomic E-state index is 12.0. The number of carbonyl (C=O) groups excluding carboxylic acids is 1. The number of hydrogen-bond donors (Lipinski definition) is 3. The Hall–Kier alpha value is -3.72. The third-order valence-corrected chi connectivity index (χ3v) is 5.88. The fourth-order valence-corrected chi connectivity index (χ4v) is 4.12. The Morgan fingerprint density at radius 1 is 1.09 bits per heavy atom. The van der Waals surface area contributed by atoms with E-state index in [-0.39, 0.29) is 22.9 Å². The van der Waals surface area contributed by atoms with Crippen LogP contribution in [-0.2, 0) is 18.4 Å². The van der Waals surface area contributed by atoms with Crippen molar-refractivity contribution in [2.75, 3.05) is 31.3 Å². The van der Waals surface area contributed by atoms with Crippen molar-refractivity contribution < 1.29 is 9.53 Å². The van der Waals surface area contributed by atoms with Gasteiger partial charge < -0.3 is 26.0 Å². The molecule has 4 N–H and O–H groups in total. The monoisotopic (exact) mass is 461 g/mol. The summed E-state index contributed by atoms with van der Waals surface area (Å²) in [7, 11) is 3.73. The van der Waals surface area contributed by atoms with Gasteiger partial charge in [-0.05, 0) is 53.8 Å². The summed E-state index contributed by atoms with van der Waals surface area (Å²) in [5, 5.41) is 14.6. The van der Waals surface area contributed by atoms with Crippen LogP contribution in [-0.4, -0.2) is 46.7 Å². The lowest BCUT2D eigenvalue weighted by atomic mass is 9.86. The van der Waals surface area contributed by atoms with Crippen LogP contribution in [0.5, 0.6) is 5.75 Å². The first kappa shape index (κ1) is 23.4. The highest BCUT2D eigenvalue weighted by molar-refractivity contribution is 5.96. The summed E-state index contributed by atoms with van der Waals surface area (Å²) in [6.07, 6.45) is 0.945. The highest BCUT2D eigenvalue weighted by Crippen LogP contribution is 2.34. The molecule has 4 rings (SSSR count). The van der Waals surface area contributed by atoms with E-state index in [4.69, 9.17) is 10.5 Å². The molecule has 0 fully saturated rings. The third kappa shape index (κ3) is 4.94. The fourth-order valence-electron chi connectivity index (χ4n) is 4.12. The first-order valence-corrected chi connectivity index (χ1v) is 11.2. The summed E-state index contributed by atoms with van der Waals surface area (Å²) in [6, 6.07) is 12.0. The molecule has 0 spiro atoms. The molecule has 1 aromatic heterocycles. The van der Waals surface area contributed by atoms with E-state index >= 15 is 0 Å². The van der Waals surface area contributed by atoms with Gasteiger partial charge >= 0.3 is 0 Å². The molecule has 0 saturated heterocycles. The molecule has 1 aliphatic heterocycles. The van der Waals surface area contributed by atoms with Gasteiger partial charge in [0.25, 0.3) is 5.91 Å². The van der Waals surface area contributed by atoms with E-state index in [2.05, 4.69) is 64.6 Å². The van der Waals surface area contributed by atoms with Gasteiger partial charge in [0, 0.05) is 18.8 Å². The number of aromatic nitrogens is 3. The number of nitrogens with two attached hydrogens (primary N) is 1. The number of amides is 1. The van der Waals surface area contributed by atoms with Crippen LogP contribution in [0, 0.1) is 0 Å². The molecule has 2 heterocycles. The number of hydrogen-bond acceptors (Lipinski definition) is 8. The Morgan fingerprint density at radius 2 is 1.85 bits per heavy atom. The van der Waals surface area contributed by atoms with Crippen LogP contribution < -0.4 is 21.1 Å². The summed E-state index contributed by atoms with van der Waals surface area (Å²) in [6.45, 7) is 8.22. The molecular weight excluding hydrogens is 430 g/mol. The molecule has 178 valence electrons. The number of anilines is 4. The van der Waals surface area contributed by atoms with Gasteiger partial charge in [0.05, 0.1) is 12.8 Å². The first-order chi connectivity index (χ1) is 16.2. The number of nitrogens with zero attached hydrogens (tertiary/aromatic N) is 4. The number of carbonyl (C=O) groups is 1. The van der Waals surface area contributed by atoms with Crippen molar-refractivity contribution in [3.8, 4) is 5.75 Å². The average molecular weight is 462 g/mol. The molecule has 3 aromatic rings. The molecule has 0 aliphatic carbocycles. The normalized spacial score (nSPS) is 13.8. The lowest BCUT2D eigenvalue weighted by molar-refractivity contribution is 0.0995. The van der Waals surface area contributed by atoms with Crippen molar-refractivity contribution in [2.45, 2.75) is 39.2 Å². The highest BCUT2D eigenvalue weighted by atomic mass is 16.5. The topological polar surface area (TPSA) is 118 Å². The van der Waals surface area contributed by atoms with Crippen LogP contribution in [0.3, 0.4) is 0 Å². The predicted octanol–water partition coefficient (Wildman–Crippen LogP) is 3.75. The van der Waals surface area contributed by atoms with Gasteiger partial charge in [-0.2, -0.15) is 4.98 Å². The lowest BCUT2D eigenvalue weighted by Crippen LogP contribution is -2.26. The summed E-state index contributed by atoms with van der Waals surface area (Å²) in [5.74, 6) is 0.439. The summed E-state index contributed by atoms with van der Waals surface area (Å²) < 4.78 is 5.61. The van der Waals surface area contributed by atoms with E-state index in [1.54, 1.807) is 7.11 Å². The van der Waals surface area contributed by atoms with Gasteiger partial charge in [-0.1, -0.05) is 39.0 Å². The van der Waals surface area contributed by atoms with Crippen LogP contribution in [0.25, 0.3) is 0 Å². The second kappa shape index (κ2) is 9.26. The van der Waals surface area contributed by atoms with Crippen LogP contribution in [0.2, 0.25) is 0 Å². The second-order valence-electron chi connectivity index (χ2n) is 9.55. The SMILES string of the molecule is COc1cc2c(cc1Nc1nnc(C(N)=O)c(Nc3ccccc3C(C)(C)C)n1)CCN(C)C2. The molecule has 9 heteroatoms. The molecule has 0 bridgehead atoms. The second-order valence-corrected chi connectivity index (χ2v) is 9.55. The highest BCUT2D eigenvalue weighted by Gasteiger charge is 2.22. The largest absolute Gasteiger partial charge is 0.495 e. The third-order valence-electron chi connectivity index (χ3n) is 5.88. The summed E-state index contributed by atoms with van der Waals surface area (Å²) in [5.41, 5.74) is 10.5. The number of primary amides is 1. The Labute approximate surface area is 199 Å². The molecule has 0 unspecified atom stereocenters. The van der Waals surface area contributed by atoms with Crippen molar-refractivity contribution in [1.82, 2.24) is 20.1 Å². The molecule has 2 aromatic carbocycles. The van der Waals surface area contributed by atoms with Crippen molar-refractivity contribution in [2.24, 2.45) is 5.73 Å². The molecule has 0 saturated carbocycles. The molecular formula is C25H31N7O2. The van der Waals surface area contributed by atoms with E-state index in [9.17, 15) is 4.79 Å². The molecule has 9 nitrogen and oxygen atoms in total. The number of fused-ring (bicyclic) bond motifs is 1. The van der Waals surface area contributed by atoms with E-state index in [1.165, 1.54) is 11.1 Å². The van der Waals surface area contributed by atoms with Crippen molar-refractivity contribution >= 4 is 29.0 Å². The molecule has 0 atom stereocenters. The average Bonchev–Trinajstić information content (AvgIpc) is 2.78. The van der Waals surface area contributed by atoms with E-state index in [0.29, 0.717) is 5.75 Å². The first-order valence-electron chi connectivity index (χ1n) is 11.2. The van der Waals surface area contributed by atoms with Gasteiger partial charge in [0.15, 0.2) is 11.5 Å². The minimum absolute atomic E-state index is 0.0327. The zero-order valence-corrected chi connectivity index (χ0v) is 20.3. The van der Waals surface area contributed by atoms with E-state index in [0.717, 1.165) is 36.4 Å². The number of ether oxygens (including phenoxy) is 1. The van der Waals surface area contributed by atoms with Gasteiger partial charge in [0.2, 0.25) is 5.95 Å². The maximum absolute atomic E-state index is 12.0. The quantitative estimate of drug-likeness (QED) is 0.508. The Kier molecular flexibility index (Phi) is 6.39. The lowest BCUT2D eigenvalue weighted by Gasteiger charge is -2.26. The van der Waals surface area contributed by atoms with Crippen LogP contribution in [0.15, 0.2) is 36.4 Å². The van der Waals surface area contributed by atoms with Gasteiger partial charge in [-0.25, -0.2) is 0 Å². The molecule has 1 amide bonds. The van der Waals surface area contributed by atoms with Crippen molar-refractivity contribution in [1.29, 1.82) is 0 Å². The number of benzene rings is 2. The van der Waals surface area contributed by atoms with Crippen molar-refractivity contribution in [3.63, 3.8) is 0 Å². The standard InChI is InChI=1S/C25H31N7O2/c1-25(2,3)17-8-6-7-9-18(17)27-23-21(22(26)33)30-31-24(29-23)28-19-12-15-10-11-32(4)14-16(15)13-20(19)34-5/h6-9,12-13H,10-11,14H2,1-5H3,(H2,26,33)(H2,27,28,29,31). The van der Waals surface area contributed by atoms with Crippen LogP contribution in [0.4, 0.5) is 23.1 Å². The number of para-hydroxylation sites is 1. The Balaban J connectivity index is 1.70. The van der Waals surface area contributed by atoms with Gasteiger partial charge in [0.1, 0.15) is 5.75 Å². The predicted molar refractivity (Wildman–Crippen MR) is 133 cm³/mol. The molecule has 0 radical (unpaired) electrons. The fraction of sp³-hybridized carbons (Fsp3) is 0.360. The van der Waals surface area contributed by atoms with Gasteiger partial charge in [-0.15, -0.1) is 10.2 Å². The zero-order chi connectivity index (χ0) is 24.5. The Bertz CT molecular complexity index is 1220. The minimum atomic E-state index is -0.710. The number of likely N-dealkylation sites (N-methyl/N-ethyl adjacent to an activating group) is 1. The Morgan fingerprint density at radius 3 is 2.56 bits per heavy atom. The van der Waals surface area contributed by atoms with Crippen LogP contribution >= 0.6 is 0 Å². The molecule has 1 aliphatic rings. The van der Waals surface area contributed by atoms with E-state index in [1.807, 2.05) is 30.3 Å². The summed E-state index contributed by atoms with van der Waals surface area (Å²) >= 11 is 0. The maximum Gasteiger partial charge on any atom is 0.273 e. The van der Waals surface area contributed by atoms with E-state index < -0.39 is 5.91 Å². The zero-order valence-electron chi connectivity index (χ0n) is 20.3. The summed E-state index contributed by atoms with van der Waals surface area (Å²) in [4.78, 5) is 18.9.